The third kappa shape index (κ3) is 3.20. The van der Waals surface area contributed by atoms with Crippen molar-refractivity contribution >= 4 is 0 Å². The number of hydrogen-bond donors (Lipinski definition) is 1. The molecule has 1 unspecified atom stereocenters. The van der Waals surface area contributed by atoms with E-state index in [1.807, 2.05) is 17.9 Å². The van der Waals surface area contributed by atoms with Crippen LogP contribution in [0.5, 0.6) is 0 Å². The van der Waals surface area contributed by atoms with E-state index in [-0.39, 0.29) is 0 Å². The summed E-state index contributed by atoms with van der Waals surface area (Å²) < 4.78 is 1.86. The Bertz CT molecular complexity index is 502. The van der Waals surface area contributed by atoms with Crippen molar-refractivity contribution in [2.45, 2.75) is 26.3 Å². The zero-order valence-corrected chi connectivity index (χ0v) is 11.4. The Morgan fingerprint density at radius 1 is 1.39 bits per heavy atom. The van der Waals surface area contributed by atoms with E-state index in [1.165, 1.54) is 16.7 Å². The van der Waals surface area contributed by atoms with E-state index in [9.17, 15) is 0 Å². The number of aryl methyl sites for hydroxylation is 2. The Labute approximate surface area is 109 Å². The van der Waals surface area contributed by atoms with Crippen molar-refractivity contribution in [2.24, 2.45) is 7.05 Å². The van der Waals surface area contributed by atoms with Gasteiger partial charge in [0.2, 0.25) is 0 Å². The van der Waals surface area contributed by atoms with Crippen LogP contribution in [0.1, 0.15) is 29.7 Å². The maximum absolute atomic E-state index is 4.23. The molecule has 18 heavy (non-hydrogen) atoms. The van der Waals surface area contributed by atoms with Crippen molar-refractivity contribution in [2.75, 3.05) is 6.54 Å². The lowest BCUT2D eigenvalue weighted by Gasteiger charge is -2.18. The predicted molar refractivity (Wildman–Crippen MR) is 74.5 cm³/mol. The highest BCUT2D eigenvalue weighted by molar-refractivity contribution is 5.26. The summed E-state index contributed by atoms with van der Waals surface area (Å²) in [5.74, 6) is 0. The van der Waals surface area contributed by atoms with Gasteiger partial charge in [-0.2, -0.15) is 5.10 Å². The Morgan fingerprint density at radius 3 is 2.83 bits per heavy atom. The fraction of sp³-hybridized carbons (Fsp3) is 0.400. The SMILES string of the molecule is CCNC(Cc1cnn(C)c1)c1cccc(C)c1. The van der Waals surface area contributed by atoms with E-state index < -0.39 is 0 Å². The fourth-order valence-corrected chi connectivity index (χ4v) is 2.25. The van der Waals surface area contributed by atoms with Crippen molar-refractivity contribution in [3.63, 3.8) is 0 Å². The van der Waals surface area contributed by atoms with Gasteiger partial charge in [0, 0.05) is 19.3 Å². The van der Waals surface area contributed by atoms with Crippen molar-refractivity contribution in [1.82, 2.24) is 15.1 Å². The number of likely N-dealkylation sites (N-methyl/N-ethyl adjacent to an activating group) is 1. The highest BCUT2D eigenvalue weighted by atomic mass is 15.2. The first-order chi connectivity index (χ1) is 8.69. The lowest BCUT2D eigenvalue weighted by Crippen LogP contribution is -2.22. The van der Waals surface area contributed by atoms with Crippen LogP contribution < -0.4 is 5.32 Å². The van der Waals surface area contributed by atoms with Crippen molar-refractivity contribution < 1.29 is 0 Å². The normalized spacial score (nSPS) is 12.6. The highest BCUT2D eigenvalue weighted by Gasteiger charge is 2.12. The van der Waals surface area contributed by atoms with Crippen molar-refractivity contribution in [3.8, 4) is 0 Å². The van der Waals surface area contributed by atoms with Gasteiger partial charge in [0.25, 0.3) is 0 Å². The van der Waals surface area contributed by atoms with Gasteiger partial charge >= 0.3 is 0 Å². The molecule has 0 bridgehead atoms. The quantitative estimate of drug-likeness (QED) is 0.875. The number of nitrogens with one attached hydrogen (secondary N) is 1. The first-order valence-electron chi connectivity index (χ1n) is 6.46. The second kappa shape index (κ2) is 5.83. The van der Waals surface area contributed by atoms with Crippen LogP contribution in [0.15, 0.2) is 36.7 Å². The summed E-state index contributed by atoms with van der Waals surface area (Å²) in [6.45, 7) is 5.25. The third-order valence-electron chi connectivity index (χ3n) is 3.09. The molecular formula is C15H21N3. The number of rotatable bonds is 5. The minimum atomic E-state index is 0.360. The number of benzene rings is 1. The summed E-state index contributed by atoms with van der Waals surface area (Å²) in [5.41, 5.74) is 3.92. The van der Waals surface area contributed by atoms with Gasteiger partial charge in [-0.25, -0.2) is 0 Å². The molecule has 3 heteroatoms. The van der Waals surface area contributed by atoms with Crippen molar-refractivity contribution in [3.05, 3.63) is 53.3 Å². The number of aromatic nitrogens is 2. The monoisotopic (exact) mass is 243 g/mol. The molecule has 0 saturated heterocycles. The topological polar surface area (TPSA) is 29.9 Å². The Balaban J connectivity index is 2.17. The zero-order chi connectivity index (χ0) is 13.0. The van der Waals surface area contributed by atoms with E-state index in [0.717, 1.165) is 13.0 Å². The zero-order valence-electron chi connectivity index (χ0n) is 11.4. The van der Waals surface area contributed by atoms with Crippen molar-refractivity contribution in [1.29, 1.82) is 0 Å². The van der Waals surface area contributed by atoms with Gasteiger partial charge < -0.3 is 5.32 Å². The lowest BCUT2D eigenvalue weighted by molar-refractivity contribution is 0.549. The van der Waals surface area contributed by atoms with Gasteiger partial charge in [0.15, 0.2) is 0 Å². The molecule has 0 spiro atoms. The van der Waals surface area contributed by atoms with E-state index in [2.05, 4.69) is 54.7 Å². The minimum absolute atomic E-state index is 0.360. The van der Waals surface area contributed by atoms with Gasteiger partial charge in [0.05, 0.1) is 6.20 Å². The molecule has 96 valence electrons. The van der Waals surface area contributed by atoms with Gasteiger partial charge in [-0.1, -0.05) is 36.8 Å². The van der Waals surface area contributed by atoms with Gasteiger partial charge in [0.1, 0.15) is 0 Å². The Hall–Kier alpha value is -1.61. The second-order valence-corrected chi connectivity index (χ2v) is 4.75. The van der Waals surface area contributed by atoms with Crippen LogP contribution >= 0.6 is 0 Å². The molecule has 0 saturated carbocycles. The molecule has 0 aliphatic rings. The Morgan fingerprint density at radius 2 is 2.22 bits per heavy atom. The molecular weight excluding hydrogens is 222 g/mol. The van der Waals surface area contributed by atoms with E-state index in [1.54, 1.807) is 0 Å². The maximum Gasteiger partial charge on any atom is 0.0522 e. The van der Waals surface area contributed by atoms with Crippen LogP contribution in [0.25, 0.3) is 0 Å². The molecule has 2 rings (SSSR count). The largest absolute Gasteiger partial charge is 0.310 e. The minimum Gasteiger partial charge on any atom is -0.310 e. The van der Waals surface area contributed by atoms with Gasteiger partial charge in [-0.3, -0.25) is 4.68 Å². The number of nitrogens with zero attached hydrogens (tertiary/aromatic N) is 2. The first-order valence-corrected chi connectivity index (χ1v) is 6.46. The maximum atomic E-state index is 4.23. The standard InChI is InChI=1S/C15H21N3/c1-4-16-15(9-13-10-17-18(3)11-13)14-7-5-6-12(2)8-14/h5-8,10-11,15-16H,4,9H2,1-3H3. The van der Waals surface area contributed by atoms with Crippen LogP contribution in [0.3, 0.4) is 0 Å². The van der Waals surface area contributed by atoms with E-state index >= 15 is 0 Å². The van der Waals surface area contributed by atoms with E-state index in [0.29, 0.717) is 6.04 Å². The van der Waals surface area contributed by atoms with Crippen LogP contribution in [-0.4, -0.2) is 16.3 Å². The lowest BCUT2D eigenvalue weighted by atomic mass is 9.99. The molecule has 2 aromatic rings. The summed E-state index contributed by atoms with van der Waals surface area (Å²) in [5, 5.41) is 7.78. The second-order valence-electron chi connectivity index (χ2n) is 4.75. The molecule has 1 N–H and O–H groups in total. The molecule has 0 aliphatic heterocycles. The van der Waals surface area contributed by atoms with Crippen LogP contribution in [0, 0.1) is 6.92 Å². The van der Waals surface area contributed by atoms with Gasteiger partial charge in [-0.15, -0.1) is 0 Å². The summed E-state index contributed by atoms with van der Waals surface area (Å²) >= 11 is 0. The molecule has 0 fully saturated rings. The summed E-state index contributed by atoms with van der Waals surface area (Å²) in [6.07, 6.45) is 5.01. The molecule has 3 nitrogen and oxygen atoms in total. The molecule has 1 aromatic carbocycles. The van der Waals surface area contributed by atoms with Crippen LogP contribution in [0.4, 0.5) is 0 Å². The molecule has 1 aromatic heterocycles. The number of hydrogen-bond acceptors (Lipinski definition) is 2. The van der Waals surface area contributed by atoms with E-state index in [4.69, 9.17) is 0 Å². The summed E-state index contributed by atoms with van der Waals surface area (Å²) in [6, 6.07) is 9.06. The average molecular weight is 243 g/mol. The average Bonchev–Trinajstić information content (AvgIpc) is 2.74. The van der Waals surface area contributed by atoms with Gasteiger partial charge in [-0.05, 0) is 31.0 Å². The molecule has 1 atom stereocenters. The van der Waals surface area contributed by atoms with Crippen LogP contribution in [-0.2, 0) is 13.5 Å². The molecule has 0 aliphatic carbocycles. The molecule has 1 heterocycles. The third-order valence-corrected chi connectivity index (χ3v) is 3.09. The molecule has 0 amide bonds. The smallest absolute Gasteiger partial charge is 0.0522 e. The predicted octanol–water partition coefficient (Wildman–Crippen LogP) is 2.62. The highest BCUT2D eigenvalue weighted by Crippen LogP contribution is 2.19. The fourth-order valence-electron chi connectivity index (χ4n) is 2.25. The summed E-state index contributed by atoms with van der Waals surface area (Å²) in [7, 11) is 1.96. The van der Waals surface area contributed by atoms with Crippen LogP contribution in [0.2, 0.25) is 0 Å². The Kier molecular flexibility index (Phi) is 4.15. The molecule has 0 radical (unpaired) electrons. The first kappa shape index (κ1) is 12.8. The summed E-state index contributed by atoms with van der Waals surface area (Å²) in [4.78, 5) is 0.